The maximum Gasteiger partial charge on any atom is 0.160 e. The highest BCUT2D eigenvalue weighted by Gasteiger charge is 2.33. The first-order valence-corrected chi connectivity index (χ1v) is 8.02. The van der Waals surface area contributed by atoms with Crippen molar-refractivity contribution in [1.29, 1.82) is 0 Å². The van der Waals surface area contributed by atoms with E-state index in [0.717, 1.165) is 11.5 Å². The Morgan fingerprint density at radius 3 is 2.90 bits per heavy atom. The number of aromatic nitrogens is 3. The van der Waals surface area contributed by atoms with Crippen molar-refractivity contribution in [2.45, 2.75) is 59.0 Å². The normalized spacial score (nSPS) is 26.9. The van der Waals surface area contributed by atoms with Gasteiger partial charge in [-0.15, -0.1) is 10.2 Å². The zero-order valence-corrected chi connectivity index (χ0v) is 13.5. The number of pyridine rings is 1. The average molecular weight is 286 g/mol. The molecule has 0 spiro atoms. The molecule has 1 aliphatic carbocycles. The monoisotopic (exact) mass is 286 g/mol. The lowest BCUT2D eigenvalue weighted by Crippen LogP contribution is -2.43. The van der Waals surface area contributed by atoms with Crippen LogP contribution >= 0.6 is 0 Å². The summed E-state index contributed by atoms with van der Waals surface area (Å²) < 4.78 is 2.08. The molecule has 0 saturated heterocycles. The van der Waals surface area contributed by atoms with Crippen LogP contribution in [0.3, 0.4) is 0 Å². The number of hydrogen-bond acceptors (Lipinski definition) is 3. The SMILES string of the molecule is CC(NC1CCC(C)(C)CC1C)c1nnc2ccccn12. The minimum atomic E-state index is 0.219. The molecule has 114 valence electrons. The lowest BCUT2D eigenvalue weighted by atomic mass is 9.70. The Balaban J connectivity index is 1.73. The van der Waals surface area contributed by atoms with E-state index in [-0.39, 0.29) is 6.04 Å². The van der Waals surface area contributed by atoms with Crippen LogP contribution in [0.1, 0.15) is 58.8 Å². The van der Waals surface area contributed by atoms with Crippen molar-refractivity contribution >= 4 is 5.65 Å². The molecule has 0 amide bonds. The molecule has 21 heavy (non-hydrogen) atoms. The van der Waals surface area contributed by atoms with Crippen molar-refractivity contribution in [3.63, 3.8) is 0 Å². The molecule has 4 nitrogen and oxygen atoms in total. The molecule has 1 N–H and O–H groups in total. The van der Waals surface area contributed by atoms with Gasteiger partial charge in [0.05, 0.1) is 6.04 Å². The summed E-state index contributed by atoms with van der Waals surface area (Å²) >= 11 is 0. The fourth-order valence-electron chi connectivity index (χ4n) is 3.75. The van der Waals surface area contributed by atoms with Crippen LogP contribution in [0.5, 0.6) is 0 Å². The molecule has 3 atom stereocenters. The van der Waals surface area contributed by atoms with E-state index in [0.29, 0.717) is 17.4 Å². The molecule has 0 bridgehead atoms. The lowest BCUT2D eigenvalue weighted by molar-refractivity contribution is 0.142. The van der Waals surface area contributed by atoms with Gasteiger partial charge in [-0.3, -0.25) is 4.40 Å². The molecule has 3 unspecified atom stereocenters. The van der Waals surface area contributed by atoms with Gasteiger partial charge in [0, 0.05) is 12.2 Å². The number of rotatable bonds is 3. The molecule has 2 aromatic heterocycles. The van der Waals surface area contributed by atoms with Crippen LogP contribution in [0, 0.1) is 11.3 Å². The third kappa shape index (κ3) is 2.95. The van der Waals surface area contributed by atoms with E-state index in [9.17, 15) is 0 Å². The van der Waals surface area contributed by atoms with Gasteiger partial charge in [0.1, 0.15) is 0 Å². The first kappa shape index (κ1) is 14.5. The molecular weight excluding hydrogens is 260 g/mol. The number of fused-ring (bicyclic) bond motifs is 1. The Labute approximate surface area is 127 Å². The van der Waals surface area contributed by atoms with Gasteiger partial charge in [-0.2, -0.15) is 0 Å². The van der Waals surface area contributed by atoms with Crippen LogP contribution in [0.2, 0.25) is 0 Å². The first-order valence-electron chi connectivity index (χ1n) is 8.02. The van der Waals surface area contributed by atoms with E-state index in [2.05, 4.69) is 47.6 Å². The molecule has 4 heteroatoms. The largest absolute Gasteiger partial charge is 0.304 e. The van der Waals surface area contributed by atoms with E-state index >= 15 is 0 Å². The molecule has 1 fully saturated rings. The van der Waals surface area contributed by atoms with Crippen molar-refractivity contribution in [2.24, 2.45) is 11.3 Å². The minimum Gasteiger partial charge on any atom is -0.304 e. The van der Waals surface area contributed by atoms with Gasteiger partial charge in [-0.1, -0.05) is 26.8 Å². The van der Waals surface area contributed by atoms with Crippen molar-refractivity contribution < 1.29 is 0 Å². The molecule has 3 rings (SSSR count). The summed E-state index contributed by atoms with van der Waals surface area (Å²) in [6, 6.07) is 6.81. The summed E-state index contributed by atoms with van der Waals surface area (Å²) in [6.07, 6.45) is 5.87. The molecule has 1 saturated carbocycles. The fraction of sp³-hybridized carbons (Fsp3) is 0.647. The van der Waals surface area contributed by atoms with Gasteiger partial charge in [-0.25, -0.2) is 0 Å². The van der Waals surface area contributed by atoms with E-state index in [1.54, 1.807) is 0 Å². The first-order chi connectivity index (χ1) is 9.96. The van der Waals surface area contributed by atoms with E-state index in [1.165, 1.54) is 19.3 Å². The predicted molar refractivity (Wildman–Crippen MR) is 85.1 cm³/mol. The molecular formula is C17H26N4. The van der Waals surface area contributed by atoms with Gasteiger partial charge < -0.3 is 5.32 Å². The maximum atomic E-state index is 4.36. The highest BCUT2D eigenvalue weighted by molar-refractivity contribution is 5.37. The number of nitrogens with one attached hydrogen (secondary N) is 1. The molecule has 0 radical (unpaired) electrons. The Bertz CT molecular complexity index is 616. The van der Waals surface area contributed by atoms with Crippen molar-refractivity contribution in [3.05, 3.63) is 30.2 Å². The Morgan fingerprint density at radius 2 is 2.14 bits per heavy atom. The van der Waals surface area contributed by atoms with Gasteiger partial charge in [-0.05, 0) is 49.7 Å². The van der Waals surface area contributed by atoms with Crippen molar-refractivity contribution in [1.82, 2.24) is 19.9 Å². The summed E-state index contributed by atoms with van der Waals surface area (Å²) in [7, 11) is 0. The van der Waals surface area contributed by atoms with Crippen LogP contribution < -0.4 is 5.32 Å². The summed E-state index contributed by atoms with van der Waals surface area (Å²) in [5.74, 6) is 1.71. The second kappa shape index (κ2) is 5.41. The van der Waals surface area contributed by atoms with Crippen LogP contribution in [0.15, 0.2) is 24.4 Å². The smallest absolute Gasteiger partial charge is 0.160 e. The lowest BCUT2D eigenvalue weighted by Gasteiger charge is -2.40. The van der Waals surface area contributed by atoms with Crippen LogP contribution in [0.25, 0.3) is 5.65 Å². The van der Waals surface area contributed by atoms with E-state index < -0.39 is 0 Å². The van der Waals surface area contributed by atoms with Gasteiger partial charge in [0.25, 0.3) is 0 Å². The molecule has 1 aliphatic rings. The van der Waals surface area contributed by atoms with E-state index in [4.69, 9.17) is 0 Å². The Morgan fingerprint density at radius 1 is 1.33 bits per heavy atom. The third-order valence-corrected chi connectivity index (χ3v) is 4.89. The highest BCUT2D eigenvalue weighted by atomic mass is 15.3. The van der Waals surface area contributed by atoms with Crippen molar-refractivity contribution in [2.75, 3.05) is 0 Å². The summed E-state index contributed by atoms with van der Waals surface area (Å²) in [6.45, 7) is 9.33. The third-order valence-electron chi connectivity index (χ3n) is 4.89. The van der Waals surface area contributed by atoms with Crippen LogP contribution in [0.4, 0.5) is 0 Å². The van der Waals surface area contributed by atoms with E-state index in [1.807, 2.05) is 24.4 Å². The fourth-order valence-corrected chi connectivity index (χ4v) is 3.75. The van der Waals surface area contributed by atoms with Gasteiger partial charge in [0.15, 0.2) is 11.5 Å². The topological polar surface area (TPSA) is 42.2 Å². The Hall–Kier alpha value is -1.42. The summed E-state index contributed by atoms with van der Waals surface area (Å²) in [5, 5.41) is 12.4. The van der Waals surface area contributed by atoms with Gasteiger partial charge in [0.2, 0.25) is 0 Å². The highest BCUT2D eigenvalue weighted by Crippen LogP contribution is 2.39. The number of nitrogens with zero attached hydrogens (tertiary/aromatic N) is 3. The van der Waals surface area contributed by atoms with Crippen molar-refractivity contribution in [3.8, 4) is 0 Å². The van der Waals surface area contributed by atoms with Crippen LogP contribution in [-0.2, 0) is 0 Å². The summed E-state index contributed by atoms with van der Waals surface area (Å²) in [5.41, 5.74) is 1.40. The second-order valence-electron chi connectivity index (χ2n) is 7.37. The predicted octanol–water partition coefficient (Wildman–Crippen LogP) is 3.59. The molecule has 2 aromatic rings. The van der Waals surface area contributed by atoms with Crippen LogP contribution in [-0.4, -0.2) is 20.6 Å². The average Bonchev–Trinajstić information content (AvgIpc) is 2.85. The zero-order chi connectivity index (χ0) is 15.0. The van der Waals surface area contributed by atoms with Gasteiger partial charge >= 0.3 is 0 Å². The standard InChI is InChI=1S/C17H26N4/c1-12-11-17(3,4)9-8-14(12)18-13(2)16-20-19-15-7-5-6-10-21(15)16/h5-7,10,12-14,18H,8-9,11H2,1-4H3. The molecule has 0 aromatic carbocycles. The molecule has 2 heterocycles. The Kier molecular flexibility index (Phi) is 3.74. The molecule has 0 aliphatic heterocycles. The summed E-state index contributed by atoms with van der Waals surface area (Å²) in [4.78, 5) is 0. The minimum absolute atomic E-state index is 0.219. The quantitative estimate of drug-likeness (QED) is 0.937. The zero-order valence-electron chi connectivity index (χ0n) is 13.5. The second-order valence-corrected chi connectivity index (χ2v) is 7.37. The maximum absolute atomic E-state index is 4.36. The number of hydrogen-bond donors (Lipinski definition) is 1.